The largest absolute Gasteiger partial charge is 0.339 e. The summed E-state index contributed by atoms with van der Waals surface area (Å²) in [5.74, 6) is 0.162. The van der Waals surface area contributed by atoms with Crippen molar-refractivity contribution in [3.8, 4) is 0 Å². The van der Waals surface area contributed by atoms with Gasteiger partial charge in [0.05, 0.1) is 0 Å². The number of hydrogen-bond acceptors (Lipinski definition) is 3. The molecule has 0 aromatic heterocycles. The van der Waals surface area contributed by atoms with Crippen LogP contribution in [0.2, 0.25) is 0 Å². The van der Waals surface area contributed by atoms with Crippen LogP contribution in [0, 0.1) is 0 Å². The Labute approximate surface area is 194 Å². The Kier molecular flexibility index (Phi) is 7.51. The number of rotatable bonds is 9. The van der Waals surface area contributed by atoms with E-state index in [9.17, 15) is 4.79 Å². The zero-order chi connectivity index (χ0) is 22.5. The van der Waals surface area contributed by atoms with Gasteiger partial charge in [0.2, 0.25) is 0 Å². The highest BCUT2D eigenvalue weighted by atomic mass is 16.2. The van der Waals surface area contributed by atoms with E-state index >= 15 is 0 Å². The van der Waals surface area contributed by atoms with Crippen LogP contribution in [0.15, 0.2) is 54.6 Å². The molecule has 2 heterocycles. The first kappa shape index (κ1) is 22.8. The third-order valence-corrected chi connectivity index (χ3v) is 7.43. The van der Waals surface area contributed by atoms with Crippen LogP contribution in [0.1, 0.15) is 69.2 Å². The predicted octanol–water partition coefficient (Wildman–Crippen LogP) is 6.10. The summed E-state index contributed by atoms with van der Waals surface area (Å²) < 4.78 is 0. The second kappa shape index (κ2) is 10.5. The summed E-state index contributed by atoms with van der Waals surface area (Å²) in [7, 11) is 2.30. The first-order chi connectivity index (χ1) is 15.6. The van der Waals surface area contributed by atoms with Crippen LogP contribution in [-0.2, 0) is 0 Å². The van der Waals surface area contributed by atoms with Crippen LogP contribution in [0.4, 0.5) is 11.4 Å². The van der Waals surface area contributed by atoms with E-state index in [0.29, 0.717) is 18.1 Å². The lowest BCUT2D eigenvalue weighted by atomic mass is 9.95. The van der Waals surface area contributed by atoms with Crippen molar-refractivity contribution in [3.63, 3.8) is 0 Å². The van der Waals surface area contributed by atoms with Gasteiger partial charge in [-0.15, -0.1) is 0 Å². The number of unbranched alkanes of at least 4 members (excludes halogenated alkanes) is 1. The molecule has 2 bridgehead atoms. The lowest BCUT2D eigenvalue weighted by molar-refractivity contribution is 0.0753. The molecule has 2 aromatic rings. The Hall–Kier alpha value is -2.33. The smallest absolute Gasteiger partial charge is 0.253 e. The number of carbonyl (C=O) groups excluding carboxylic acids is 1. The number of para-hydroxylation sites is 1. The van der Waals surface area contributed by atoms with Crippen LogP contribution >= 0.6 is 0 Å². The summed E-state index contributed by atoms with van der Waals surface area (Å²) in [6, 6.07) is 21.0. The van der Waals surface area contributed by atoms with Gasteiger partial charge in [-0.1, -0.05) is 38.5 Å². The zero-order valence-corrected chi connectivity index (χ0v) is 20.0. The molecule has 4 nitrogen and oxygen atoms in total. The molecule has 2 aliphatic heterocycles. The Morgan fingerprint density at radius 2 is 1.50 bits per heavy atom. The van der Waals surface area contributed by atoms with Crippen molar-refractivity contribution in [2.45, 2.75) is 76.9 Å². The molecular weight excluding hydrogens is 394 g/mol. The molecule has 172 valence electrons. The molecule has 1 amide bonds. The molecule has 3 atom stereocenters. The molecule has 2 aliphatic rings. The van der Waals surface area contributed by atoms with Crippen LogP contribution in [0.25, 0.3) is 0 Å². The number of carbonyl (C=O) groups is 1. The van der Waals surface area contributed by atoms with Gasteiger partial charge in [0.1, 0.15) is 0 Å². The van der Waals surface area contributed by atoms with Gasteiger partial charge in [-0.2, -0.15) is 0 Å². The van der Waals surface area contributed by atoms with E-state index in [2.05, 4.69) is 73.2 Å². The second-order valence-corrected chi connectivity index (χ2v) is 9.57. The van der Waals surface area contributed by atoms with Gasteiger partial charge in [0.25, 0.3) is 5.91 Å². The molecule has 4 rings (SSSR count). The van der Waals surface area contributed by atoms with Crippen molar-refractivity contribution in [2.75, 3.05) is 25.0 Å². The fraction of sp³-hybridized carbons (Fsp3) is 0.536. The summed E-state index contributed by atoms with van der Waals surface area (Å²) in [6.45, 7) is 5.99. The summed E-state index contributed by atoms with van der Waals surface area (Å²) in [4.78, 5) is 20.3. The SMILES string of the molecule is CCCCN(CCC)C(=O)c1ccc(N(c2ccccc2)C2C[C@H]3CC[C@@H](C2)N3C)cc1. The number of fused-ring (bicyclic) bond motifs is 2. The third kappa shape index (κ3) is 4.85. The van der Waals surface area contributed by atoms with E-state index in [0.717, 1.165) is 37.9 Å². The average molecular weight is 434 g/mol. The Morgan fingerprint density at radius 1 is 0.875 bits per heavy atom. The lowest BCUT2D eigenvalue weighted by Gasteiger charge is -2.43. The number of amides is 1. The quantitative estimate of drug-likeness (QED) is 0.478. The topological polar surface area (TPSA) is 26.8 Å². The van der Waals surface area contributed by atoms with Crippen LogP contribution in [0.5, 0.6) is 0 Å². The number of nitrogens with zero attached hydrogens (tertiary/aromatic N) is 3. The molecule has 0 N–H and O–H groups in total. The monoisotopic (exact) mass is 433 g/mol. The average Bonchev–Trinajstić information content (AvgIpc) is 3.02. The van der Waals surface area contributed by atoms with Crippen molar-refractivity contribution in [2.24, 2.45) is 0 Å². The van der Waals surface area contributed by atoms with Gasteiger partial charge >= 0.3 is 0 Å². The van der Waals surface area contributed by atoms with Crippen LogP contribution in [-0.4, -0.2) is 54.0 Å². The minimum Gasteiger partial charge on any atom is -0.339 e. The number of hydrogen-bond donors (Lipinski definition) is 0. The Morgan fingerprint density at radius 3 is 2.09 bits per heavy atom. The normalized spacial score (nSPS) is 22.7. The summed E-state index contributed by atoms with van der Waals surface area (Å²) in [5.41, 5.74) is 3.24. The van der Waals surface area contributed by atoms with Crippen molar-refractivity contribution < 1.29 is 4.79 Å². The van der Waals surface area contributed by atoms with Crippen molar-refractivity contribution in [1.29, 1.82) is 0 Å². The highest BCUT2D eigenvalue weighted by Gasteiger charge is 2.40. The maximum Gasteiger partial charge on any atom is 0.253 e. The first-order valence-corrected chi connectivity index (χ1v) is 12.6. The van der Waals surface area contributed by atoms with E-state index in [1.807, 2.05) is 17.0 Å². The number of anilines is 2. The first-order valence-electron chi connectivity index (χ1n) is 12.6. The summed E-state index contributed by atoms with van der Waals surface area (Å²) in [5, 5.41) is 0. The molecule has 4 heteroatoms. The van der Waals surface area contributed by atoms with Gasteiger partial charge in [0.15, 0.2) is 0 Å². The lowest BCUT2D eigenvalue weighted by Crippen LogP contribution is -2.47. The van der Waals surface area contributed by atoms with Gasteiger partial charge in [-0.25, -0.2) is 0 Å². The van der Waals surface area contributed by atoms with Gasteiger partial charge < -0.3 is 14.7 Å². The van der Waals surface area contributed by atoms with E-state index in [-0.39, 0.29) is 5.91 Å². The maximum absolute atomic E-state index is 13.1. The molecule has 0 aliphatic carbocycles. The Balaban J connectivity index is 1.58. The van der Waals surface area contributed by atoms with Crippen molar-refractivity contribution >= 4 is 17.3 Å². The van der Waals surface area contributed by atoms with E-state index in [1.54, 1.807) is 0 Å². The molecule has 0 radical (unpaired) electrons. The molecule has 2 fully saturated rings. The van der Waals surface area contributed by atoms with Crippen LogP contribution < -0.4 is 4.90 Å². The fourth-order valence-electron chi connectivity index (χ4n) is 5.63. The van der Waals surface area contributed by atoms with Crippen molar-refractivity contribution in [3.05, 3.63) is 60.2 Å². The molecule has 2 saturated heterocycles. The molecular formula is C28H39N3O. The minimum absolute atomic E-state index is 0.162. The predicted molar refractivity (Wildman–Crippen MR) is 134 cm³/mol. The van der Waals surface area contributed by atoms with Crippen molar-refractivity contribution in [1.82, 2.24) is 9.80 Å². The van der Waals surface area contributed by atoms with Gasteiger partial charge in [-0.3, -0.25) is 4.79 Å². The van der Waals surface area contributed by atoms with E-state index in [4.69, 9.17) is 0 Å². The summed E-state index contributed by atoms with van der Waals surface area (Å²) >= 11 is 0. The highest BCUT2D eigenvalue weighted by Crippen LogP contribution is 2.40. The standard InChI is InChI=1S/C28H39N3O/c1-4-6-19-30(18-5-2)28(32)22-12-14-24(15-13-22)31(23-10-8-7-9-11-23)27-20-25-16-17-26(21-27)29(25)3/h7-15,25-27H,4-6,16-21H2,1-3H3/t25-,26+,27?. The molecule has 1 unspecified atom stereocenters. The van der Waals surface area contributed by atoms with E-state index < -0.39 is 0 Å². The maximum atomic E-state index is 13.1. The molecule has 0 spiro atoms. The number of benzene rings is 2. The molecule has 2 aromatic carbocycles. The number of piperidine rings is 1. The minimum atomic E-state index is 0.162. The summed E-state index contributed by atoms with van der Waals surface area (Å²) in [6.07, 6.45) is 8.19. The highest BCUT2D eigenvalue weighted by molar-refractivity contribution is 5.94. The van der Waals surface area contributed by atoms with Gasteiger partial charge in [-0.05, 0) is 82.0 Å². The molecule has 0 saturated carbocycles. The Bertz CT molecular complexity index is 852. The van der Waals surface area contributed by atoms with Gasteiger partial charge in [0, 0.05) is 48.2 Å². The zero-order valence-electron chi connectivity index (χ0n) is 20.0. The third-order valence-electron chi connectivity index (χ3n) is 7.43. The van der Waals surface area contributed by atoms with Crippen LogP contribution in [0.3, 0.4) is 0 Å². The fourth-order valence-corrected chi connectivity index (χ4v) is 5.63. The van der Waals surface area contributed by atoms with E-state index in [1.165, 1.54) is 37.1 Å². The second-order valence-electron chi connectivity index (χ2n) is 9.57. The molecule has 32 heavy (non-hydrogen) atoms.